The Hall–Kier alpha value is -2.14. The average molecular weight is 279 g/mol. The van der Waals surface area contributed by atoms with E-state index in [1.807, 2.05) is 0 Å². The number of aryl methyl sites for hydroxylation is 1. The molecular weight excluding hydrogens is 268 g/mol. The van der Waals surface area contributed by atoms with Crippen LogP contribution in [0.2, 0.25) is 0 Å². The summed E-state index contributed by atoms with van der Waals surface area (Å²) < 4.78 is 5.55. The van der Waals surface area contributed by atoms with Gasteiger partial charge in [0.1, 0.15) is 5.75 Å². The lowest BCUT2D eigenvalue weighted by molar-refractivity contribution is -0.385. The van der Waals surface area contributed by atoms with Crippen molar-refractivity contribution in [2.75, 3.05) is 0 Å². The van der Waals surface area contributed by atoms with Gasteiger partial charge in [0.25, 0.3) is 0 Å². The fraction of sp³-hybridized carbons (Fsp3) is 0.154. The Morgan fingerprint density at radius 2 is 2.16 bits per heavy atom. The Morgan fingerprint density at radius 3 is 2.79 bits per heavy atom. The van der Waals surface area contributed by atoms with Crippen LogP contribution in [0.1, 0.15) is 11.3 Å². The molecular formula is C13H11ClN2O3. The number of nitro groups is 1. The lowest BCUT2D eigenvalue weighted by atomic mass is 10.2. The first kappa shape index (κ1) is 13.3. The molecule has 1 heterocycles. The molecule has 2 rings (SSSR count). The second kappa shape index (κ2) is 5.67. The normalized spacial score (nSPS) is 10.2. The molecule has 5 nitrogen and oxygen atoms in total. The van der Waals surface area contributed by atoms with Crippen molar-refractivity contribution in [3.63, 3.8) is 0 Å². The van der Waals surface area contributed by atoms with Gasteiger partial charge in [-0.15, -0.1) is 11.6 Å². The van der Waals surface area contributed by atoms with Crippen molar-refractivity contribution in [2.45, 2.75) is 12.8 Å². The molecule has 2 aromatic rings. The molecule has 0 aliphatic carbocycles. The van der Waals surface area contributed by atoms with Gasteiger partial charge in [0, 0.05) is 18.1 Å². The van der Waals surface area contributed by atoms with Crippen LogP contribution in [0.4, 0.5) is 5.69 Å². The topological polar surface area (TPSA) is 65.3 Å². The number of aromatic nitrogens is 1. The number of rotatable bonds is 4. The fourth-order valence-electron chi connectivity index (χ4n) is 1.57. The summed E-state index contributed by atoms with van der Waals surface area (Å²) >= 11 is 5.67. The van der Waals surface area contributed by atoms with E-state index < -0.39 is 4.92 Å². The molecule has 98 valence electrons. The van der Waals surface area contributed by atoms with Crippen molar-refractivity contribution in [1.82, 2.24) is 4.98 Å². The molecule has 0 amide bonds. The first-order valence-corrected chi connectivity index (χ1v) is 6.08. The van der Waals surface area contributed by atoms with Gasteiger partial charge < -0.3 is 4.74 Å². The number of benzene rings is 1. The van der Waals surface area contributed by atoms with Crippen molar-refractivity contribution >= 4 is 17.3 Å². The van der Waals surface area contributed by atoms with E-state index in [1.165, 1.54) is 6.07 Å². The molecule has 19 heavy (non-hydrogen) atoms. The molecule has 1 aromatic carbocycles. The van der Waals surface area contributed by atoms with E-state index in [0.717, 1.165) is 0 Å². The summed E-state index contributed by atoms with van der Waals surface area (Å²) in [5, 5.41) is 11.0. The Bertz CT molecular complexity index is 617. The summed E-state index contributed by atoms with van der Waals surface area (Å²) in [4.78, 5) is 14.6. The largest absolute Gasteiger partial charge is 0.448 e. The van der Waals surface area contributed by atoms with E-state index in [9.17, 15) is 10.1 Å². The lowest BCUT2D eigenvalue weighted by Gasteiger charge is -2.08. The van der Waals surface area contributed by atoms with E-state index >= 15 is 0 Å². The standard InChI is InChI=1S/C13H11ClN2O3/c1-9-12(3-2-6-15-9)19-13-5-4-10(8-14)7-11(13)16(17)18/h2-7H,8H2,1H3. The van der Waals surface area contributed by atoms with E-state index in [-0.39, 0.29) is 17.3 Å². The van der Waals surface area contributed by atoms with Crippen LogP contribution < -0.4 is 4.74 Å². The molecule has 0 N–H and O–H groups in total. The quantitative estimate of drug-likeness (QED) is 0.484. The van der Waals surface area contributed by atoms with Crippen LogP contribution >= 0.6 is 11.6 Å². The Morgan fingerprint density at radius 1 is 1.37 bits per heavy atom. The Labute approximate surface area is 115 Å². The predicted octanol–water partition coefficient (Wildman–Crippen LogP) is 3.83. The number of halogens is 1. The van der Waals surface area contributed by atoms with Crippen molar-refractivity contribution in [3.05, 3.63) is 57.9 Å². The molecule has 0 saturated carbocycles. The first-order valence-electron chi connectivity index (χ1n) is 5.54. The van der Waals surface area contributed by atoms with E-state index in [2.05, 4.69) is 4.98 Å². The van der Waals surface area contributed by atoms with Crippen LogP contribution in [0.25, 0.3) is 0 Å². The van der Waals surface area contributed by atoms with E-state index in [1.54, 1.807) is 37.4 Å². The SMILES string of the molecule is Cc1ncccc1Oc1ccc(CCl)cc1[N+](=O)[O-]. The van der Waals surface area contributed by atoms with Crippen LogP contribution in [0.3, 0.4) is 0 Å². The summed E-state index contributed by atoms with van der Waals surface area (Å²) in [6, 6.07) is 8.07. The third-order valence-electron chi connectivity index (χ3n) is 2.55. The molecule has 0 aliphatic rings. The van der Waals surface area contributed by atoms with Gasteiger partial charge in [-0.2, -0.15) is 0 Å². The lowest BCUT2D eigenvalue weighted by Crippen LogP contribution is -1.96. The zero-order valence-electron chi connectivity index (χ0n) is 10.2. The van der Waals surface area contributed by atoms with Crippen molar-refractivity contribution in [3.8, 4) is 11.5 Å². The monoisotopic (exact) mass is 278 g/mol. The van der Waals surface area contributed by atoms with Crippen molar-refractivity contribution in [2.24, 2.45) is 0 Å². The number of hydrogen-bond donors (Lipinski definition) is 0. The van der Waals surface area contributed by atoms with Gasteiger partial charge in [-0.05, 0) is 30.7 Å². The number of nitrogens with zero attached hydrogens (tertiary/aromatic N) is 2. The van der Waals surface area contributed by atoms with Gasteiger partial charge in [-0.1, -0.05) is 6.07 Å². The maximum Gasteiger partial charge on any atom is 0.311 e. The highest BCUT2D eigenvalue weighted by molar-refractivity contribution is 6.17. The number of pyridine rings is 1. The summed E-state index contributed by atoms with van der Waals surface area (Å²) in [6.07, 6.45) is 1.63. The Balaban J connectivity index is 2.40. The van der Waals surface area contributed by atoms with E-state index in [4.69, 9.17) is 16.3 Å². The van der Waals surface area contributed by atoms with Gasteiger partial charge in [0.05, 0.1) is 10.6 Å². The molecule has 0 fully saturated rings. The Kier molecular flexibility index (Phi) is 3.97. The average Bonchev–Trinajstić information content (AvgIpc) is 2.41. The summed E-state index contributed by atoms with van der Waals surface area (Å²) in [5.41, 5.74) is 1.23. The molecule has 0 saturated heterocycles. The van der Waals surface area contributed by atoms with Crippen molar-refractivity contribution < 1.29 is 9.66 Å². The first-order chi connectivity index (χ1) is 9.11. The fourth-order valence-corrected chi connectivity index (χ4v) is 1.74. The van der Waals surface area contributed by atoms with Crippen molar-refractivity contribution in [1.29, 1.82) is 0 Å². The van der Waals surface area contributed by atoms with Gasteiger partial charge in [0.2, 0.25) is 5.75 Å². The van der Waals surface area contributed by atoms with E-state index in [0.29, 0.717) is 17.0 Å². The summed E-state index contributed by atoms with van der Waals surface area (Å²) in [5.74, 6) is 0.881. The second-order valence-electron chi connectivity index (χ2n) is 3.88. The van der Waals surface area contributed by atoms with Crippen LogP contribution in [0, 0.1) is 17.0 Å². The number of alkyl halides is 1. The molecule has 0 atom stereocenters. The number of nitro benzene ring substituents is 1. The maximum atomic E-state index is 11.0. The second-order valence-corrected chi connectivity index (χ2v) is 4.15. The molecule has 6 heteroatoms. The van der Waals surface area contributed by atoms with Gasteiger partial charge in [-0.25, -0.2) is 0 Å². The molecule has 0 radical (unpaired) electrons. The molecule has 0 bridgehead atoms. The molecule has 0 spiro atoms. The van der Waals surface area contributed by atoms with Crippen LogP contribution in [-0.4, -0.2) is 9.91 Å². The molecule has 0 unspecified atom stereocenters. The zero-order chi connectivity index (χ0) is 13.8. The third-order valence-corrected chi connectivity index (χ3v) is 2.86. The summed E-state index contributed by atoms with van der Waals surface area (Å²) in [7, 11) is 0. The zero-order valence-corrected chi connectivity index (χ0v) is 10.9. The molecule has 0 aliphatic heterocycles. The number of ether oxygens (including phenoxy) is 1. The number of hydrogen-bond acceptors (Lipinski definition) is 4. The summed E-state index contributed by atoms with van der Waals surface area (Å²) in [6.45, 7) is 1.77. The minimum absolute atomic E-state index is 0.110. The van der Waals surface area contributed by atoms with Gasteiger partial charge in [-0.3, -0.25) is 15.1 Å². The highest BCUT2D eigenvalue weighted by Gasteiger charge is 2.17. The maximum absolute atomic E-state index is 11.0. The minimum Gasteiger partial charge on any atom is -0.448 e. The van der Waals surface area contributed by atoms with Gasteiger partial charge in [0.15, 0.2) is 0 Å². The third kappa shape index (κ3) is 3.00. The molecule has 1 aromatic heterocycles. The predicted molar refractivity (Wildman–Crippen MR) is 71.7 cm³/mol. The highest BCUT2D eigenvalue weighted by atomic mass is 35.5. The van der Waals surface area contributed by atoms with Crippen LogP contribution in [0.5, 0.6) is 11.5 Å². The highest BCUT2D eigenvalue weighted by Crippen LogP contribution is 2.33. The van der Waals surface area contributed by atoms with Gasteiger partial charge >= 0.3 is 5.69 Å². The minimum atomic E-state index is -0.489. The van der Waals surface area contributed by atoms with Crippen LogP contribution in [0.15, 0.2) is 36.5 Å². The smallest absolute Gasteiger partial charge is 0.311 e. The van der Waals surface area contributed by atoms with Crippen LogP contribution in [-0.2, 0) is 5.88 Å².